The fourth-order valence-corrected chi connectivity index (χ4v) is 4.90. The molecule has 1 unspecified atom stereocenters. The second kappa shape index (κ2) is 9.87. The molecule has 0 aliphatic heterocycles. The van der Waals surface area contributed by atoms with Crippen LogP contribution in [0.25, 0.3) is 0 Å². The van der Waals surface area contributed by atoms with E-state index in [-0.39, 0.29) is 22.4 Å². The fourth-order valence-electron chi connectivity index (χ4n) is 3.84. The maximum Gasteiger partial charge on any atom is 0.338 e. The van der Waals surface area contributed by atoms with Crippen molar-refractivity contribution in [2.75, 3.05) is 11.3 Å². The van der Waals surface area contributed by atoms with Crippen LogP contribution in [0.3, 0.4) is 0 Å². The van der Waals surface area contributed by atoms with E-state index in [1.54, 1.807) is 30.3 Å². The number of aryl methyl sites for hydroxylation is 1. The molecule has 0 fully saturated rings. The van der Waals surface area contributed by atoms with Crippen LogP contribution in [0.2, 0.25) is 0 Å². The molecule has 0 radical (unpaired) electrons. The molecule has 0 saturated heterocycles. The number of rotatable bonds is 7. The molecule has 3 aromatic rings. The molecule has 2 N–H and O–H groups in total. The average molecular weight is 465 g/mol. The van der Waals surface area contributed by atoms with Crippen LogP contribution >= 0.6 is 0 Å². The zero-order valence-corrected chi connectivity index (χ0v) is 18.7. The Morgan fingerprint density at radius 3 is 2.36 bits per heavy atom. The Labute approximate surface area is 192 Å². The maximum absolute atomic E-state index is 12.5. The van der Waals surface area contributed by atoms with E-state index in [4.69, 9.17) is 4.74 Å². The van der Waals surface area contributed by atoms with Crippen molar-refractivity contribution < 1.29 is 22.7 Å². The van der Waals surface area contributed by atoms with Crippen molar-refractivity contribution in [1.29, 1.82) is 0 Å². The number of carbonyl (C=O) groups is 2. The molecule has 7 nitrogen and oxygen atoms in total. The van der Waals surface area contributed by atoms with Gasteiger partial charge in [0, 0.05) is 5.69 Å². The van der Waals surface area contributed by atoms with Crippen LogP contribution in [0.15, 0.2) is 83.8 Å². The molecule has 33 heavy (non-hydrogen) atoms. The normalized spacial score (nSPS) is 15.2. The van der Waals surface area contributed by atoms with Crippen LogP contribution in [0.1, 0.15) is 40.4 Å². The Hall–Kier alpha value is -3.65. The van der Waals surface area contributed by atoms with E-state index < -0.39 is 22.6 Å². The lowest BCUT2D eigenvalue weighted by Crippen LogP contribution is -2.34. The molecule has 1 amide bonds. The summed E-state index contributed by atoms with van der Waals surface area (Å²) in [5, 5.41) is 2.93. The predicted molar refractivity (Wildman–Crippen MR) is 124 cm³/mol. The third kappa shape index (κ3) is 5.59. The Morgan fingerprint density at radius 1 is 0.909 bits per heavy atom. The van der Waals surface area contributed by atoms with Crippen molar-refractivity contribution in [3.05, 3.63) is 95.6 Å². The molecule has 1 aliphatic carbocycles. The molecule has 170 valence electrons. The van der Waals surface area contributed by atoms with E-state index in [9.17, 15) is 18.0 Å². The average Bonchev–Trinajstić information content (AvgIpc) is 2.83. The number of ether oxygens (including phenoxy) is 1. The summed E-state index contributed by atoms with van der Waals surface area (Å²) in [6, 6.07) is 21.8. The number of nitrogens with one attached hydrogen (secondary N) is 2. The molecule has 0 spiro atoms. The van der Waals surface area contributed by atoms with Crippen molar-refractivity contribution in [2.24, 2.45) is 0 Å². The number of sulfonamides is 1. The van der Waals surface area contributed by atoms with Crippen LogP contribution in [0.5, 0.6) is 0 Å². The van der Waals surface area contributed by atoms with Crippen LogP contribution in [-0.4, -0.2) is 26.9 Å². The van der Waals surface area contributed by atoms with Crippen molar-refractivity contribution in [2.45, 2.75) is 30.2 Å². The van der Waals surface area contributed by atoms with Gasteiger partial charge in [-0.3, -0.25) is 9.52 Å². The van der Waals surface area contributed by atoms with Gasteiger partial charge in [0.05, 0.1) is 16.5 Å². The zero-order valence-electron chi connectivity index (χ0n) is 17.9. The van der Waals surface area contributed by atoms with Gasteiger partial charge in [-0.2, -0.15) is 0 Å². The number of esters is 1. The standard InChI is InChI=1S/C25H24N2O5S/c28-24(26-23-12-6-8-18-7-4-5-11-22(18)23)17-32-25(29)19-13-15-21(16-14-19)33(30,31)27-20-9-2-1-3-10-20/h1-5,7,9-11,13-16,23,27H,6,8,12,17H2,(H,26,28). The van der Waals surface area contributed by atoms with E-state index >= 15 is 0 Å². The second-order valence-corrected chi connectivity index (χ2v) is 9.47. The highest BCUT2D eigenvalue weighted by atomic mass is 32.2. The predicted octanol–water partition coefficient (Wildman–Crippen LogP) is 3.84. The Morgan fingerprint density at radius 2 is 1.61 bits per heavy atom. The third-order valence-electron chi connectivity index (χ3n) is 5.47. The summed E-state index contributed by atoms with van der Waals surface area (Å²) in [7, 11) is -3.79. The van der Waals surface area contributed by atoms with Gasteiger partial charge in [-0.1, -0.05) is 42.5 Å². The first-order chi connectivity index (χ1) is 15.9. The number of amides is 1. The van der Waals surface area contributed by atoms with Crippen LogP contribution in [0, 0.1) is 0 Å². The highest BCUT2D eigenvalue weighted by Gasteiger charge is 2.22. The van der Waals surface area contributed by atoms with E-state index in [0.29, 0.717) is 5.69 Å². The first-order valence-corrected chi connectivity index (χ1v) is 12.1. The lowest BCUT2D eigenvalue weighted by molar-refractivity contribution is -0.125. The van der Waals surface area contributed by atoms with Gasteiger partial charge >= 0.3 is 5.97 Å². The molecule has 4 rings (SSSR count). The molecule has 0 bridgehead atoms. The third-order valence-corrected chi connectivity index (χ3v) is 6.86. The van der Waals surface area contributed by atoms with Crippen LogP contribution < -0.4 is 10.0 Å². The molecule has 3 aromatic carbocycles. The van der Waals surface area contributed by atoms with Gasteiger partial charge in [0.2, 0.25) is 0 Å². The topological polar surface area (TPSA) is 102 Å². The quantitative estimate of drug-likeness (QED) is 0.518. The van der Waals surface area contributed by atoms with Gasteiger partial charge in [0.25, 0.3) is 15.9 Å². The van der Waals surface area contributed by atoms with Gasteiger partial charge < -0.3 is 10.1 Å². The van der Waals surface area contributed by atoms with Crippen molar-refractivity contribution in [3.8, 4) is 0 Å². The first kappa shape index (κ1) is 22.5. The minimum Gasteiger partial charge on any atom is -0.452 e. The van der Waals surface area contributed by atoms with Gasteiger partial charge in [0.1, 0.15) is 0 Å². The van der Waals surface area contributed by atoms with Crippen molar-refractivity contribution in [1.82, 2.24) is 5.32 Å². The first-order valence-electron chi connectivity index (χ1n) is 10.6. The molecule has 0 saturated carbocycles. The smallest absolute Gasteiger partial charge is 0.338 e. The largest absolute Gasteiger partial charge is 0.452 e. The summed E-state index contributed by atoms with van der Waals surface area (Å²) in [4.78, 5) is 24.7. The summed E-state index contributed by atoms with van der Waals surface area (Å²) in [5.41, 5.74) is 2.92. The fraction of sp³-hybridized carbons (Fsp3) is 0.200. The number of anilines is 1. The van der Waals surface area contributed by atoms with Gasteiger partial charge in [-0.25, -0.2) is 13.2 Å². The molecular weight excluding hydrogens is 440 g/mol. The van der Waals surface area contributed by atoms with Crippen molar-refractivity contribution >= 4 is 27.6 Å². The minimum absolute atomic E-state index is 0.0107. The summed E-state index contributed by atoms with van der Waals surface area (Å²) in [5.74, 6) is -1.08. The summed E-state index contributed by atoms with van der Waals surface area (Å²) >= 11 is 0. The Bertz CT molecular complexity index is 1240. The van der Waals surface area contributed by atoms with E-state index in [1.165, 1.54) is 29.8 Å². The molecule has 0 aromatic heterocycles. The molecule has 1 aliphatic rings. The second-order valence-electron chi connectivity index (χ2n) is 7.78. The molecule has 1 atom stereocenters. The molecular formula is C25H24N2O5S. The van der Waals surface area contributed by atoms with Crippen LogP contribution in [-0.2, 0) is 26.0 Å². The highest BCUT2D eigenvalue weighted by Crippen LogP contribution is 2.29. The lowest BCUT2D eigenvalue weighted by Gasteiger charge is -2.26. The zero-order chi connectivity index (χ0) is 23.3. The summed E-state index contributed by atoms with van der Waals surface area (Å²) < 4.78 is 32.6. The summed E-state index contributed by atoms with van der Waals surface area (Å²) in [6.45, 7) is -0.410. The number of hydrogen-bond acceptors (Lipinski definition) is 5. The lowest BCUT2D eigenvalue weighted by atomic mass is 9.88. The van der Waals surface area contributed by atoms with Gasteiger partial charge in [-0.05, 0) is 66.8 Å². The maximum atomic E-state index is 12.5. The van der Waals surface area contributed by atoms with E-state index in [2.05, 4.69) is 16.1 Å². The molecule has 0 heterocycles. The minimum atomic E-state index is -3.79. The number of carbonyl (C=O) groups excluding carboxylic acids is 2. The Kier molecular flexibility index (Phi) is 6.74. The number of benzene rings is 3. The van der Waals surface area contributed by atoms with E-state index in [0.717, 1.165) is 24.8 Å². The number of fused-ring (bicyclic) bond motifs is 1. The molecule has 8 heteroatoms. The number of hydrogen-bond donors (Lipinski definition) is 2. The van der Waals surface area contributed by atoms with Gasteiger partial charge in [0.15, 0.2) is 6.61 Å². The SMILES string of the molecule is O=C(COC(=O)c1ccc(S(=O)(=O)Nc2ccccc2)cc1)NC1CCCc2ccccc21. The summed E-state index contributed by atoms with van der Waals surface area (Å²) in [6.07, 6.45) is 2.81. The monoisotopic (exact) mass is 464 g/mol. The van der Waals surface area contributed by atoms with E-state index in [1.807, 2.05) is 18.2 Å². The van der Waals surface area contributed by atoms with Crippen LogP contribution in [0.4, 0.5) is 5.69 Å². The Balaban J connectivity index is 1.32. The number of para-hydroxylation sites is 1. The highest BCUT2D eigenvalue weighted by molar-refractivity contribution is 7.92. The van der Waals surface area contributed by atoms with Gasteiger partial charge in [-0.15, -0.1) is 0 Å². The van der Waals surface area contributed by atoms with Crippen molar-refractivity contribution in [3.63, 3.8) is 0 Å².